The van der Waals surface area contributed by atoms with Crippen LogP contribution in [0.25, 0.3) is 0 Å². The van der Waals surface area contributed by atoms with Gasteiger partial charge < -0.3 is 10.1 Å². The van der Waals surface area contributed by atoms with Gasteiger partial charge in [-0.2, -0.15) is 0 Å². The number of amides is 1. The van der Waals surface area contributed by atoms with E-state index in [1.807, 2.05) is 30.3 Å². The zero-order valence-corrected chi connectivity index (χ0v) is 13.8. The fourth-order valence-corrected chi connectivity index (χ4v) is 2.41. The van der Waals surface area contributed by atoms with Crippen molar-refractivity contribution in [2.24, 2.45) is 0 Å². The Balaban J connectivity index is 1.75. The average molecular weight is 360 g/mol. The molecule has 2 heterocycles. The van der Waals surface area contributed by atoms with E-state index in [9.17, 15) is 4.79 Å². The summed E-state index contributed by atoms with van der Waals surface area (Å²) < 4.78 is 5.63. The number of carbonyl (C=O) groups is 1. The summed E-state index contributed by atoms with van der Waals surface area (Å²) in [5.74, 6) is 0.657. The smallest absolute Gasteiger partial charge is 0.255 e. The Morgan fingerprint density at radius 1 is 1.00 bits per heavy atom. The molecule has 0 aliphatic carbocycles. The molecule has 0 saturated heterocycles. The summed E-state index contributed by atoms with van der Waals surface area (Å²) in [6.45, 7) is 0. The van der Waals surface area contributed by atoms with Gasteiger partial charge in [-0.1, -0.05) is 41.4 Å². The highest BCUT2D eigenvalue weighted by molar-refractivity contribution is 6.33. The summed E-state index contributed by atoms with van der Waals surface area (Å²) in [6.07, 6.45) is 1.54. The van der Waals surface area contributed by atoms with Crippen molar-refractivity contribution in [2.75, 3.05) is 5.32 Å². The van der Waals surface area contributed by atoms with Gasteiger partial charge in [0.25, 0.3) is 5.91 Å². The fraction of sp³-hybridized carbons (Fsp3) is 0. The maximum Gasteiger partial charge on any atom is 0.255 e. The van der Waals surface area contributed by atoms with E-state index in [0.29, 0.717) is 22.9 Å². The molecule has 0 spiro atoms. The van der Waals surface area contributed by atoms with Gasteiger partial charge in [-0.05, 0) is 30.3 Å². The van der Waals surface area contributed by atoms with E-state index in [1.54, 1.807) is 18.3 Å². The van der Waals surface area contributed by atoms with E-state index < -0.39 is 0 Å². The Kier molecular flexibility index (Phi) is 4.93. The van der Waals surface area contributed by atoms with Gasteiger partial charge >= 0.3 is 0 Å². The molecule has 0 fully saturated rings. The number of hydrogen-bond donors (Lipinski definition) is 1. The maximum absolute atomic E-state index is 12.3. The van der Waals surface area contributed by atoms with Gasteiger partial charge in [-0.3, -0.25) is 4.79 Å². The molecule has 0 bridgehead atoms. The second kappa shape index (κ2) is 7.29. The predicted octanol–water partition coefficient (Wildman–Crippen LogP) is 4.83. The third-order valence-electron chi connectivity index (χ3n) is 2.98. The third kappa shape index (κ3) is 4.22. The van der Waals surface area contributed by atoms with Crippen LogP contribution in [0.1, 0.15) is 10.4 Å². The van der Waals surface area contributed by atoms with Gasteiger partial charge in [0, 0.05) is 23.5 Å². The van der Waals surface area contributed by atoms with Crippen LogP contribution in [0.5, 0.6) is 11.6 Å². The van der Waals surface area contributed by atoms with E-state index >= 15 is 0 Å². The molecule has 0 unspecified atom stereocenters. The summed E-state index contributed by atoms with van der Waals surface area (Å²) in [6, 6.07) is 15.4. The Bertz CT molecular complexity index is 852. The highest BCUT2D eigenvalue weighted by Gasteiger charge is 2.10. The number of nitrogens with one attached hydrogen (secondary N) is 1. The quantitative estimate of drug-likeness (QED) is 0.677. The minimum atomic E-state index is -0.363. The molecular formula is C17H11Cl2N3O2. The van der Waals surface area contributed by atoms with Gasteiger partial charge in [0.2, 0.25) is 5.88 Å². The average Bonchev–Trinajstić information content (AvgIpc) is 2.55. The summed E-state index contributed by atoms with van der Waals surface area (Å²) in [5.41, 5.74) is 0.840. The first kappa shape index (κ1) is 16.2. The van der Waals surface area contributed by atoms with Crippen molar-refractivity contribution in [3.05, 3.63) is 76.7 Å². The molecule has 0 aliphatic rings. The number of aromatic nitrogens is 2. The monoisotopic (exact) mass is 359 g/mol. The van der Waals surface area contributed by atoms with Crippen molar-refractivity contribution in [3.63, 3.8) is 0 Å². The third-order valence-corrected chi connectivity index (χ3v) is 3.37. The van der Waals surface area contributed by atoms with Crippen molar-refractivity contribution >= 4 is 34.8 Å². The summed E-state index contributed by atoms with van der Waals surface area (Å²) in [5, 5.41) is 3.03. The summed E-state index contributed by atoms with van der Waals surface area (Å²) >= 11 is 11.6. The SMILES string of the molecule is O=C(Nc1ccnc(Oc2ccccc2)c1)c1cc(Cl)nc(Cl)c1. The number of para-hydroxylation sites is 1. The number of rotatable bonds is 4. The van der Waals surface area contributed by atoms with E-state index in [0.717, 1.165) is 0 Å². The highest BCUT2D eigenvalue weighted by Crippen LogP contribution is 2.22. The lowest BCUT2D eigenvalue weighted by molar-refractivity contribution is 0.102. The van der Waals surface area contributed by atoms with E-state index in [2.05, 4.69) is 15.3 Å². The molecule has 3 aromatic rings. The van der Waals surface area contributed by atoms with Gasteiger partial charge in [-0.25, -0.2) is 9.97 Å². The molecule has 120 valence electrons. The minimum Gasteiger partial charge on any atom is -0.439 e. The Morgan fingerprint density at radius 3 is 2.42 bits per heavy atom. The van der Waals surface area contributed by atoms with Crippen LogP contribution in [-0.2, 0) is 0 Å². The summed E-state index contributed by atoms with van der Waals surface area (Å²) in [7, 11) is 0. The molecule has 0 aliphatic heterocycles. The molecule has 1 aromatic carbocycles. The first-order valence-electron chi connectivity index (χ1n) is 6.93. The van der Waals surface area contributed by atoms with Crippen molar-refractivity contribution < 1.29 is 9.53 Å². The second-order valence-electron chi connectivity index (χ2n) is 4.75. The van der Waals surface area contributed by atoms with Gasteiger partial charge in [-0.15, -0.1) is 0 Å². The molecule has 5 nitrogen and oxygen atoms in total. The number of pyridine rings is 2. The predicted molar refractivity (Wildman–Crippen MR) is 93.0 cm³/mol. The van der Waals surface area contributed by atoms with E-state index in [-0.39, 0.29) is 16.2 Å². The molecule has 0 saturated carbocycles. The maximum atomic E-state index is 12.3. The number of carbonyl (C=O) groups excluding carboxylic acids is 1. The number of ether oxygens (including phenoxy) is 1. The largest absolute Gasteiger partial charge is 0.439 e. The van der Waals surface area contributed by atoms with Crippen LogP contribution < -0.4 is 10.1 Å². The lowest BCUT2D eigenvalue weighted by Gasteiger charge is -2.08. The van der Waals surface area contributed by atoms with Gasteiger partial charge in [0.05, 0.1) is 0 Å². The number of nitrogens with zero attached hydrogens (tertiary/aromatic N) is 2. The number of benzene rings is 1. The van der Waals surface area contributed by atoms with Crippen LogP contribution in [0.2, 0.25) is 10.3 Å². The van der Waals surface area contributed by atoms with Crippen LogP contribution in [-0.4, -0.2) is 15.9 Å². The number of hydrogen-bond acceptors (Lipinski definition) is 4. The van der Waals surface area contributed by atoms with Crippen LogP contribution >= 0.6 is 23.2 Å². The second-order valence-corrected chi connectivity index (χ2v) is 5.53. The summed E-state index contributed by atoms with van der Waals surface area (Å²) in [4.78, 5) is 20.2. The standard InChI is InChI=1S/C17H11Cl2N3O2/c18-14-8-11(9-15(19)22-14)17(23)21-12-6-7-20-16(10-12)24-13-4-2-1-3-5-13/h1-10H,(H,20,21,23). The van der Waals surface area contributed by atoms with Crippen molar-refractivity contribution in [1.29, 1.82) is 0 Å². The Hall–Kier alpha value is -2.63. The first-order valence-corrected chi connectivity index (χ1v) is 7.69. The van der Waals surface area contributed by atoms with Gasteiger partial charge in [0.15, 0.2) is 0 Å². The molecule has 1 N–H and O–H groups in total. The molecule has 0 radical (unpaired) electrons. The normalized spacial score (nSPS) is 10.2. The lowest BCUT2D eigenvalue weighted by atomic mass is 10.2. The molecule has 2 aromatic heterocycles. The van der Waals surface area contributed by atoms with Crippen LogP contribution in [0.4, 0.5) is 5.69 Å². The lowest BCUT2D eigenvalue weighted by Crippen LogP contribution is -2.12. The van der Waals surface area contributed by atoms with Crippen LogP contribution in [0.3, 0.4) is 0 Å². The molecule has 7 heteroatoms. The molecule has 3 rings (SSSR count). The zero-order valence-electron chi connectivity index (χ0n) is 12.2. The van der Waals surface area contributed by atoms with Crippen LogP contribution in [0, 0.1) is 0 Å². The molecule has 0 atom stereocenters. The van der Waals surface area contributed by atoms with E-state index in [4.69, 9.17) is 27.9 Å². The Labute approximate surface area is 148 Å². The molecular weight excluding hydrogens is 349 g/mol. The highest BCUT2D eigenvalue weighted by atomic mass is 35.5. The number of anilines is 1. The van der Waals surface area contributed by atoms with Gasteiger partial charge in [0.1, 0.15) is 16.1 Å². The van der Waals surface area contributed by atoms with E-state index in [1.165, 1.54) is 12.1 Å². The molecule has 1 amide bonds. The zero-order chi connectivity index (χ0) is 16.9. The fourth-order valence-electron chi connectivity index (χ4n) is 1.95. The van der Waals surface area contributed by atoms with Crippen molar-refractivity contribution in [2.45, 2.75) is 0 Å². The Morgan fingerprint density at radius 2 is 1.71 bits per heavy atom. The first-order chi connectivity index (χ1) is 11.6. The van der Waals surface area contributed by atoms with Crippen molar-refractivity contribution in [1.82, 2.24) is 9.97 Å². The minimum absolute atomic E-state index is 0.149. The number of halogens is 2. The van der Waals surface area contributed by atoms with Crippen molar-refractivity contribution in [3.8, 4) is 11.6 Å². The topological polar surface area (TPSA) is 64.1 Å². The van der Waals surface area contributed by atoms with Crippen LogP contribution in [0.15, 0.2) is 60.8 Å². The molecule has 24 heavy (non-hydrogen) atoms.